The Labute approximate surface area is 292 Å². The van der Waals surface area contributed by atoms with Gasteiger partial charge in [0.2, 0.25) is 0 Å². The summed E-state index contributed by atoms with van der Waals surface area (Å²) >= 11 is -1.90. The molecule has 0 saturated carbocycles. The van der Waals surface area contributed by atoms with Crippen LogP contribution in [0.15, 0.2) is 95.7 Å². The molecule has 0 unspecified atom stereocenters. The van der Waals surface area contributed by atoms with E-state index >= 15 is 0 Å². The molecular formula is C41H46GeIrN2O-2. The molecule has 0 amide bonds. The topological polar surface area (TPSA) is 38.9 Å². The van der Waals surface area contributed by atoms with Gasteiger partial charge in [0, 0.05) is 31.7 Å². The summed E-state index contributed by atoms with van der Waals surface area (Å²) in [7, 11) is 0. The van der Waals surface area contributed by atoms with E-state index in [1.54, 1.807) is 0 Å². The number of rotatable bonds is 7. The third-order valence-corrected chi connectivity index (χ3v) is 12.7. The van der Waals surface area contributed by atoms with Gasteiger partial charge in [0.15, 0.2) is 0 Å². The molecule has 0 aliphatic heterocycles. The second-order valence-corrected chi connectivity index (χ2v) is 24.7. The van der Waals surface area contributed by atoms with Crippen LogP contribution < -0.4 is 4.40 Å². The van der Waals surface area contributed by atoms with E-state index in [1.807, 2.05) is 48.7 Å². The molecule has 3 nitrogen and oxygen atoms in total. The van der Waals surface area contributed by atoms with Crippen LogP contribution in [-0.4, -0.2) is 23.2 Å². The predicted molar refractivity (Wildman–Crippen MR) is 194 cm³/mol. The maximum Gasteiger partial charge on any atom is 0.120 e. The first-order chi connectivity index (χ1) is 21.5. The Morgan fingerprint density at radius 1 is 0.804 bits per heavy atom. The summed E-state index contributed by atoms with van der Waals surface area (Å²) in [4.78, 5) is 9.31. The summed E-state index contributed by atoms with van der Waals surface area (Å²) in [6, 6.07) is 33.5. The van der Waals surface area contributed by atoms with E-state index in [0.29, 0.717) is 11.3 Å². The second-order valence-electron chi connectivity index (χ2n) is 14.2. The van der Waals surface area contributed by atoms with Gasteiger partial charge in [-0.3, -0.25) is 0 Å². The Bertz CT molecular complexity index is 1880. The van der Waals surface area contributed by atoms with Crippen molar-refractivity contribution in [1.82, 2.24) is 9.97 Å². The largest absolute Gasteiger partial charge is 0.501 e. The minimum absolute atomic E-state index is 0. The average molecular weight is 848 g/mol. The van der Waals surface area contributed by atoms with Crippen LogP contribution in [0.3, 0.4) is 0 Å². The van der Waals surface area contributed by atoms with Gasteiger partial charge >= 0.3 is 132 Å². The zero-order valence-corrected chi connectivity index (χ0v) is 33.0. The van der Waals surface area contributed by atoms with Crippen molar-refractivity contribution in [3.8, 4) is 22.5 Å². The maximum absolute atomic E-state index is 6.12. The number of furan rings is 1. The standard InChI is InChI=1S/C22H20NO.C19H26GeN.Ir/c1-3-15(4-2)16-12-13-23-20(14-16)19-10-7-9-18-17-8-5-6-11-21(17)24-22(18)19;1-19(2,3)13-16-12-18(15-10-8-7-9-11-15)21-14-17(16)20(4,5)6;/h5-9,11-15H,3-4H2,1-2H3;7-10,12,14H,13H2,1-6H3;/q2*-1;. The number of benzene rings is 3. The minimum Gasteiger partial charge on any atom is -0.501 e. The van der Waals surface area contributed by atoms with Crippen LogP contribution in [-0.2, 0) is 26.5 Å². The number of pyridine rings is 2. The van der Waals surface area contributed by atoms with E-state index in [-0.39, 0.29) is 20.1 Å². The third kappa shape index (κ3) is 8.45. The molecular weight excluding hydrogens is 801 g/mol. The molecule has 0 atom stereocenters. The number of aromatic nitrogens is 2. The summed E-state index contributed by atoms with van der Waals surface area (Å²) in [5.74, 6) is 7.90. The molecule has 46 heavy (non-hydrogen) atoms. The predicted octanol–water partition coefficient (Wildman–Crippen LogP) is 11.0. The molecule has 0 aliphatic carbocycles. The Morgan fingerprint density at radius 2 is 1.54 bits per heavy atom. The van der Waals surface area contributed by atoms with Crippen LogP contribution in [0.2, 0.25) is 17.3 Å². The molecule has 3 aromatic carbocycles. The fraction of sp³-hybridized carbons (Fsp3) is 0.317. The first-order valence-electron chi connectivity index (χ1n) is 16.2. The fourth-order valence-electron chi connectivity index (χ4n) is 6.07. The van der Waals surface area contributed by atoms with Crippen LogP contribution in [0.4, 0.5) is 0 Å². The maximum atomic E-state index is 6.12. The number of para-hydroxylation sites is 1. The van der Waals surface area contributed by atoms with E-state index in [2.05, 4.69) is 112 Å². The number of fused-ring (bicyclic) bond motifs is 3. The molecule has 5 heteroatoms. The van der Waals surface area contributed by atoms with E-state index in [4.69, 9.17) is 9.40 Å². The van der Waals surface area contributed by atoms with Gasteiger partial charge in [-0.25, -0.2) is 0 Å². The quantitative estimate of drug-likeness (QED) is 0.119. The van der Waals surface area contributed by atoms with Gasteiger partial charge in [0.05, 0.1) is 5.58 Å². The van der Waals surface area contributed by atoms with Gasteiger partial charge in [-0.15, -0.1) is 18.2 Å². The molecule has 3 heterocycles. The van der Waals surface area contributed by atoms with Crippen LogP contribution in [0.25, 0.3) is 44.5 Å². The summed E-state index contributed by atoms with van der Waals surface area (Å²) < 4.78 is 7.65. The van der Waals surface area contributed by atoms with Crippen molar-refractivity contribution >= 4 is 39.6 Å². The van der Waals surface area contributed by atoms with Crippen molar-refractivity contribution in [1.29, 1.82) is 0 Å². The molecule has 241 valence electrons. The minimum atomic E-state index is -1.90. The first kappa shape index (κ1) is 35.8. The molecule has 6 aromatic rings. The van der Waals surface area contributed by atoms with E-state index in [0.717, 1.165) is 63.7 Å². The SMILES string of the molecule is CC(C)(C)Cc1cc(-c2[c-]cccc2)nc[c]1[Ge]([CH3])([CH3])[CH3].CCC(CC)c1ccnc(-c2[c-]ccc3c2oc2ccccc23)c1.[Ir]. The zero-order valence-electron chi connectivity index (χ0n) is 28.5. The number of hydrogen-bond donors (Lipinski definition) is 0. The van der Waals surface area contributed by atoms with Crippen LogP contribution >= 0.6 is 0 Å². The van der Waals surface area contributed by atoms with Crippen LogP contribution in [0.5, 0.6) is 0 Å². The van der Waals surface area contributed by atoms with Gasteiger partial charge in [-0.1, -0.05) is 54.6 Å². The summed E-state index contributed by atoms with van der Waals surface area (Å²) in [6.45, 7) is 11.4. The molecule has 0 spiro atoms. The van der Waals surface area contributed by atoms with Gasteiger partial charge in [-0.05, 0) is 36.6 Å². The van der Waals surface area contributed by atoms with Gasteiger partial charge in [0.25, 0.3) is 0 Å². The molecule has 0 bridgehead atoms. The normalized spacial score (nSPS) is 11.8. The molecule has 1 radical (unpaired) electrons. The van der Waals surface area contributed by atoms with Gasteiger partial charge in [0.1, 0.15) is 5.58 Å². The molecule has 0 fully saturated rings. The zero-order chi connectivity index (χ0) is 32.2. The molecule has 0 saturated heterocycles. The second kappa shape index (κ2) is 15.2. The number of nitrogens with zero attached hydrogens (tertiary/aromatic N) is 2. The van der Waals surface area contributed by atoms with Crippen molar-refractivity contribution in [2.75, 3.05) is 0 Å². The average Bonchev–Trinajstić information content (AvgIpc) is 3.40. The van der Waals surface area contributed by atoms with Crippen LogP contribution in [0, 0.1) is 17.5 Å². The molecule has 6 rings (SSSR count). The smallest absolute Gasteiger partial charge is 0.120 e. The fourth-order valence-corrected chi connectivity index (χ4v) is 9.37. The van der Waals surface area contributed by atoms with Crippen molar-refractivity contribution in [2.45, 2.75) is 77.1 Å². The number of hydrogen-bond acceptors (Lipinski definition) is 3. The van der Waals surface area contributed by atoms with E-state index < -0.39 is 13.3 Å². The Kier molecular flexibility index (Phi) is 11.9. The Balaban J connectivity index is 0.000000207. The van der Waals surface area contributed by atoms with Crippen molar-refractivity contribution in [2.24, 2.45) is 5.41 Å². The Hall–Kier alpha value is -3.05. The molecule has 0 aliphatic rings. The molecule has 0 N–H and O–H groups in total. The van der Waals surface area contributed by atoms with E-state index in [1.165, 1.54) is 15.5 Å². The molecule has 3 aromatic heterocycles. The third-order valence-electron chi connectivity index (χ3n) is 8.34. The van der Waals surface area contributed by atoms with Gasteiger partial charge < -0.3 is 9.40 Å². The van der Waals surface area contributed by atoms with Gasteiger partial charge in [-0.2, -0.15) is 0 Å². The van der Waals surface area contributed by atoms with Crippen LogP contribution in [0.1, 0.15) is 64.5 Å². The van der Waals surface area contributed by atoms with Crippen molar-refractivity contribution in [3.05, 3.63) is 115 Å². The first-order valence-corrected chi connectivity index (χ1v) is 23.6. The summed E-state index contributed by atoms with van der Waals surface area (Å²) in [5, 5.41) is 2.26. The summed E-state index contributed by atoms with van der Waals surface area (Å²) in [5.41, 5.74) is 8.90. The van der Waals surface area contributed by atoms with Crippen molar-refractivity contribution < 1.29 is 24.5 Å². The van der Waals surface area contributed by atoms with Crippen molar-refractivity contribution in [3.63, 3.8) is 0 Å². The summed E-state index contributed by atoms with van der Waals surface area (Å²) in [6.07, 6.45) is 7.42. The van der Waals surface area contributed by atoms with E-state index in [9.17, 15) is 0 Å². The monoisotopic (exact) mass is 849 g/mol. The Morgan fingerprint density at radius 3 is 2.22 bits per heavy atom.